The van der Waals surface area contributed by atoms with Crippen molar-refractivity contribution in [2.45, 2.75) is 19.5 Å². The van der Waals surface area contributed by atoms with E-state index in [1.165, 1.54) is 16.9 Å². The molecule has 0 fully saturated rings. The van der Waals surface area contributed by atoms with Crippen molar-refractivity contribution in [3.05, 3.63) is 42.1 Å². The first-order chi connectivity index (χ1) is 9.15. The normalized spacial score (nSPS) is 10.3. The van der Waals surface area contributed by atoms with Crippen molar-refractivity contribution in [3.8, 4) is 0 Å². The summed E-state index contributed by atoms with van der Waals surface area (Å²) in [5, 5.41) is 15.2. The van der Waals surface area contributed by atoms with Crippen molar-refractivity contribution >= 4 is 11.9 Å². The van der Waals surface area contributed by atoms with Crippen molar-refractivity contribution in [1.82, 2.24) is 15.1 Å². The van der Waals surface area contributed by atoms with Crippen LogP contribution in [0.5, 0.6) is 0 Å². The number of furan rings is 1. The first kappa shape index (κ1) is 12.9. The number of amides is 1. The highest BCUT2D eigenvalue weighted by Gasteiger charge is 2.08. The first-order valence-electron chi connectivity index (χ1n) is 5.71. The summed E-state index contributed by atoms with van der Waals surface area (Å²) >= 11 is 0. The van der Waals surface area contributed by atoms with E-state index in [2.05, 4.69) is 10.4 Å². The third-order valence-electron chi connectivity index (χ3n) is 2.47. The highest BCUT2D eigenvalue weighted by atomic mass is 16.4. The molecule has 0 saturated heterocycles. The number of carboxylic acids is 1. The number of nitrogens with zero attached hydrogens (tertiary/aromatic N) is 2. The summed E-state index contributed by atoms with van der Waals surface area (Å²) in [6.07, 6.45) is 3.30. The van der Waals surface area contributed by atoms with E-state index in [1.807, 2.05) is 0 Å². The standard InChI is InChI=1S/C12H13N3O4/c16-11(13-8-9-2-1-7-19-9)4-6-15-5-3-10(14-15)12(17)18/h1-3,5,7H,4,6,8H2,(H,13,16)(H,17,18). The zero-order valence-electron chi connectivity index (χ0n) is 10.1. The van der Waals surface area contributed by atoms with E-state index in [0.29, 0.717) is 18.8 Å². The molecule has 2 heterocycles. The van der Waals surface area contributed by atoms with Gasteiger partial charge in [0.2, 0.25) is 5.91 Å². The van der Waals surface area contributed by atoms with Crippen LogP contribution >= 0.6 is 0 Å². The second-order valence-corrected chi connectivity index (χ2v) is 3.88. The Kier molecular flexibility index (Phi) is 3.97. The van der Waals surface area contributed by atoms with E-state index in [9.17, 15) is 9.59 Å². The van der Waals surface area contributed by atoms with Crippen LogP contribution in [0.1, 0.15) is 22.7 Å². The van der Waals surface area contributed by atoms with Crippen LogP contribution in [0.2, 0.25) is 0 Å². The number of hydrogen-bond acceptors (Lipinski definition) is 4. The second kappa shape index (κ2) is 5.85. The minimum Gasteiger partial charge on any atom is -0.476 e. The maximum atomic E-state index is 11.5. The van der Waals surface area contributed by atoms with Gasteiger partial charge in [-0.05, 0) is 18.2 Å². The summed E-state index contributed by atoms with van der Waals surface area (Å²) in [5.74, 6) is -0.551. The van der Waals surface area contributed by atoms with Crippen molar-refractivity contribution in [2.24, 2.45) is 0 Å². The molecule has 0 aliphatic carbocycles. The van der Waals surface area contributed by atoms with Crippen molar-refractivity contribution in [2.75, 3.05) is 0 Å². The molecule has 0 bridgehead atoms. The molecule has 7 nitrogen and oxygen atoms in total. The number of carbonyl (C=O) groups is 2. The van der Waals surface area contributed by atoms with Crippen LogP contribution in [-0.4, -0.2) is 26.8 Å². The number of aromatic nitrogens is 2. The van der Waals surface area contributed by atoms with Gasteiger partial charge in [0.1, 0.15) is 5.76 Å². The van der Waals surface area contributed by atoms with Crippen LogP contribution < -0.4 is 5.32 Å². The van der Waals surface area contributed by atoms with Crippen molar-refractivity contribution in [1.29, 1.82) is 0 Å². The summed E-state index contributed by atoms with van der Waals surface area (Å²) in [6, 6.07) is 4.91. The Morgan fingerprint density at radius 3 is 2.89 bits per heavy atom. The van der Waals surface area contributed by atoms with E-state index in [0.717, 1.165) is 0 Å². The van der Waals surface area contributed by atoms with Crippen LogP contribution in [0.25, 0.3) is 0 Å². The minimum atomic E-state index is -1.08. The zero-order chi connectivity index (χ0) is 13.7. The number of nitrogens with one attached hydrogen (secondary N) is 1. The lowest BCUT2D eigenvalue weighted by atomic mass is 10.3. The SMILES string of the molecule is O=C(CCn1ccc(C(=O)O)n1)NCc1ccco1. The van der Waals surface area contributed by atoms with Crippen molar-refractivity contribution in [3.63, 3.8) is 0 Å². The molecule has 0 radical (unpaired) electrons. The lowest BCUT2D eigenvalue weighted by molar-refractivity contribution is -0.121. The fourth-order valence-electron chi connectivity index (χ4n) is 1.50. The van der Waals surface area contributed by atoms with Crippen LogP contribution in [-0.2, 0) is 17.9 Å². The summed E-state index contributed by atoms with van der Waals surface area (Å²) in [5.41, 5.74) is -0.0315. The molecule has 2 rings (SSSR count). The summed E-state index contributed by atoms with van der Waals surface area (Å²) in [6.45, 7) is 0.669. The molecule has 2 aromatic rings. The van der Waals surface area contributed by atoms with E-state index in [1.54, 1.807) is 18.4 Å². The van der Waals surface area contributed by atoms with Crippen LogP contribution in [0.3, 0.4) is 0 Å². The molecule has 7 heteroatoms. The molecular formula is C12H13N3O4. The summed E-state index contributed by atoms with van der Waals surface area (Å²) in [7, 11) is 0. The Morgan fingerprint density at radius 2 is 2.26 bits per heavy atom. The number of carboxylic acid groups (broad SMARTS) is 1. The number of rotatable bonds is 6. The number of hydrogen-bond donors (Lipinski definition) is 2. The quantitative estimate of drug-likeness (QED) is 0.806. The lowest BCUT2D eigenvalue weighted by Gasteiger charge is -2.03. The van der Waals surface area contributed by atoms with Gasteiger partial charge in [0, 0.05) is 19.2 Å². The van der Waals surface area contributed by atoms with Gasteiger partial charge in [-0.1, -0.05) is 0 Å². The third kappa shape index (κ3) is 3.70. The van der Waals surface area contributed by atoms with Gasteiger partial charge in [-0.25, -0.2) is 4.79 Å². The fraction of sp³-hybridized carbons (Fsp3) is 0.250. The highest BCUT2D eigenvalue weighted by molar-refractivity contribution is 5.85. The van der Waals surface area contributed by atoms with Gasteiger partial charge in [0.25, 0.3) is 0 Å². The van der Waals surface area contributed by atoms with Gasteiger partial charge < -0.3 is 14.8 Å². The van der Waals surface area contributed by atoms with Crippen LogP contribution in [0, 0.1) is 0 Å². The van der Waals surface area contributed by atoms with Gasteiger partial charge in [0.15, 0.2) is 5.69 Å². The van der Waals surface area contributed by atoms with Gasteiger partial charge in [0.05, 0.1) is 12.8 Å². The Bertz CT molecular complexity index is 559. The molecule has 0 atom stereocenters. The molecule has 100 valence electrons. The van der Waals surface area contributed by atoms with E-state index >= 15 is 0 Å². The summed E-state index contributed by atoms with van der Waals surface area (Å²) < 4.78 is 6.51. The second-order valence-electron chi connectivity index (χ2n) is 3.88. The molecule has 0 aliphatic heterocycles. The zero-order valence-corrected chi connectivity index (χ0v) is 10.1. The molecule has 19 heavy (non-hydrogen) atoms. The highest BCUT2D eigenvalue weighted by Crippen LogP contribution is 2.00. The number of aromatic carboxylic acids is 1. The molecule has 0 unspecified atom stereocenters. The minimum absolute atomic E-state index is 0.0315. The Labute approximate surface area is 108 Å². The molecule has 0 saturated carbocycles. The molecule has 0 aliphatic rings. The predicted molar refractivity (Wildman–Crippen MR) is 64.4 cm³/mol. The summed E-state index contributed by atoms with van der Waals surface area (Å²) in [4.78, 5) is 22.2. The first-order valence-corrected chi connectivity index (χ1v) is 5.71. The topological polar surface area (TPSA) is 97.4 Å². The van der Waals surface area contributed by atoms with Gasteiger partial charge in [-0.2, -0.15) is 5.10 Å². The average Bonchev–Trinajstić information content (AvgIpc) is 3.05. The Balaban J connectivity index is 1.75. The number of aryl methyl sites for hydroxylation is 1. The smallest absolute Gasteiger partial charge is 0.356 e. The van der Waals surface area contributed by atoms with E-state index in [4.69, 9.17) is 9.52 Å². The van der Waals surface area contributed by atoms with E-state index in [-0.39, 0.29) is 18.0 Å². The maximum Gasteiger partial charge on any atom is 0.356 e. The van der Waals surface area contributed by atoms with Gasteiger partial charge in [-0.3, -0.25) is 9.48 Å². The Morgan fingerprint density at radius 1 is 1.42 bits per heavy atom. The number of carbonyl (C=O) groups excluding carboxylic acids is 1. The Hall–Kier alpha value is -2.57. The average molecular weight is 263 g/mol. The van der Waals surface area contributed by atoms with Crippen LogP contribution in [0.4, 0.5) is 0 Å². The molecule has 2 N–H and O–H groups in total. The molecule has 1 amide bonds. The third-order valence-corrected chi connectivity index (χ3v) is 2.47. The van der Waals surface area contributed by atoms with Gasteiger partial charge in [-0.15, -0.1) is 0 Å². The largest absolute Gasteiger partial charge is 0.476 e. The van der Waals surface area contributed by atoms with Crippen LogP contribution in [0.15, 0.2) is 35.1 Å². The van der Waals surface area contributed by atoms with Crippen molar-refractivity contribution < 1.29 is 19.1 Å². The molecule has 0 spiro atoms. The maximum absolute atomic E-state index is 11.5. The van der Waals surface area contributed by atoms with Gasteiger partial charge >= 0.3 is 5.97 Å². The predicted octanol–water partition coefficient (Wildman–Crippen LogP) is 0.881. The fourth-order valence-corrected chi connectivity index (χ4v) is 1.50. The molecular weight excluding hydrogens is 250 g/mol. The van der Waals surface area contributed by atoms with E-state index < -0.39 is 5.97 Å². The molecule has 0 aromatic carbocycles. The monoisotopic (exact) mass is 263 g/mol. The molecule has 2 aromatic heterocycles. The lowest BCUT2D eigenvalue weighted by Crippen LogP contribution is -2.23.